The molecule has 1 aliphatic rings. The van der Waals surface area contributed by atoms with Crippen molar-refractivity contribution in [1.29, 1.82) is 0 Å². The first-order chi connectivity index (χ1) is 8.65. The van der Waals surface area contributed by atoms with Crippen molar-refractivity contribution in [2.75, 3.05) is 26.2 Å². The Kier molecular flexibility index (Phi) is 5.22. The lowest BCUT2D eigenvalue weighted by Crippen LogP contribution is -2.37. The summed E-state index contributed by atoms with van der Waals surface area (Å²) < 4.78 is 0. The van der Waals surface area contributed by atoms with Crippen LogP contribution in [0.2, 0.25) is 0 Å². The number of rotatable bonds is 5. The average Bonchev–Trinajstić information content (AvgIpc) is 2.66. The topological polar surface area (TPSA) is 15.3 Å². The Bertz CT molecular complexity index is 365. The van der Waals surface area contributed by atoms with Crippen LogP contribution in [0.4, 0.5) is 0 Å². The van der Waals surface area contributed by atoms with E-state index in [1.165, 1.54) is 47.8 Å². The molecular weight excluding hydrogens is 240 g/mol. The van der Waals surface area contributed by atoms with E-state index in [0.29, 0.717) is 0 Å². The van der Waals surface area contributed by atoms with E-state index < -0.39 is 0 Å². The van der Waals surface area contributed by atoms with Crippen molar-refractivity contribution in [2.24, 2.45) is 5.92 Å². The Morgan fingerprint density at radius 3 is 2.67 bits per heavy atom. The Balaban J connectivity index is 1.63. The second-order valence-electron chi connectivity index (χ2n) is 5.64. The van der Waals surface area contributed by atoms with Crippen molar-refractivity contribution in [2.45, 2.75) is 40.2 Å². The van der Waals surface area contributed by atoms with Crippen LogP contribution in [-0.4, -0.2) is 31.1 Å². The van der Waals surface area contributed by atoms with Crippen molar-refractivity contribution in [3.63, 3.8) is 0 Å². The number of nitrogens with zero attached hydrogens (tertiary/aromatic N) is 1. The highest BCUT2D eigenvalue weighted by Gasteiger charge is 2.14. The molecule has 0 aromatic carbocycles. The molecule has 1 N–H and O–H groups in total. The minimum Gasteiger partial charge on any atom is -0.311 e. The molecular formula is C15H26N2S. The molecule has 2 rings (SSSR count). The fourth-order valence-electron chi connectivity index (χ4n) is 2.60. The largest absolute Gasteiger partial charge is 0.311 e. The summed E-state index contributed by atoms with van der Waals surface area (Å²) in [6.07, 6.45) is 2.76. The lowest BCUT2D eigenvalue weighted by molar-refractivity contribution is 0.193. The third-order valence-corrected chi connectivity index (χ3v) is 4.95. The predicted molar refractivity (Wildman–Crippen MR) is 80.3 cm³/mol. The Morgan fingerprint density at radius 2 is 2.06 bits per heavy atom. The SMILES string of the molecule is Cc1cc(CNCCN2CCC(C)CC2)c(C)s1. The molecule has 0 amide bonds. The lowest BCUT2D eigenvalue weighted by Gasteiger charge is -2.30. The molecule has 0 spiro atoms. The van der Waals surface area contributed by atoms with Crippen LogP contribution in [0, 0.1) is 19.8 Å². The van der Waals surface area contributed by atoms with Gasteiger partial charge in [-0.25, -0.2) is 0 Å². The van der Waals surface area contributed by atoms with Gasteiger partial charge in [0.1, 0.15) is 0 Å². The summed E-state index contributed by atoms with van der Waals surface area (Å²) in [5.74, 6) is 0.936. The molecule has 18 heavy (non-hydrogen) atoms. The molecule has 0 unspecified atom stereocenters. The maximum absolute atomic E-state index is 3.58. The van der Waals surface area contributed by atoms with Crippen LogP contribution in [0.3, 0.4) is 0 Å². The van der Waals surface area contributed by atoms with Crippen molar-refractivity contribution >= 4 is 11.3 Å². The molecule has 102 valence electrons. The first-order valence-electron chi connectivity index (χ1n) is 7.14. The zero-order valence-corrected chi connectivity index (χ0v) is 12.8. The number of likely N-dealkylation sites (tertiary alicyclic amines) is 1. The Morgan fingerprint density at radius 1 is 1.33 bits per heavy atom. The number of hydrogen-bond donors (Lipinski definition) is 1. The second kappa shape index (κ2) is 6.69. The van der Waals surface area contributed by atoms with Crippen LogP contribution in [0.25, 0.3) is 0 Å². The molecule has 3 heteroatoms. The summed E-state index contributed by atoms with van der Waals surface area (Å²) >= 11 is 1.91. The average molecular weight is 266 g/mol. The molecule has 0 aliphatic carbocycles. The highest BCUT2D eigenvalue weighted by atomic mass is 32.1. The van der Waals surface area contributed by atoms with Gasteiger partial charge in [0, 0.05) is 29.4 Å². The molecule has 1 fully saturated rings. The van der Waals surface area contributed by atoms with Crippen LogP contribution >= 0.6 is 11.3 Å². The number of hydrogen-bond acceptors (Lipinski definition) is 3. The zero-order chi connectivity index (χ0) is 13.0. The summed E-state index contributed by atoms with van der Waals surface area (Å²) in [6.45, 7) is 12.7. The third kappa shape index (κ3) is 4.08. The van der Waals surface area contributed by atoms with Crippen LogP contribution in [0.5, 0.6) is 0 Å². The maximum atomic E-state index is 3.58. The van der Waals surface area contributed by atoms with Gasteiger partial charge >= 0.3 is 0 Å². The minimum absolute atomic E-state index is 0.936. The smallest absolute Gasteiger partial charge is 0.0217 e. The third-order valence-electron chi connectivity index (χ3n) is 3.94. The van der Waals surface area contributed by atoms with Gasteiger partial charge in [-0.3, -0.25) is 0 Å². The Hall–Kier alpha value is -0.380. The fraction of sp³-hybridized carbons (Fsp3) is 0.733. The first kappa shape index (κ1) is 14.0. The molecule has 1 aliphatic heterocycles. The molecule has 1 saturated heterocycles. The van der Waals surface area contributed by atoms with Gasteiger partial charge in [0.25, 0.3) is 0 Å². The minimum atomic E-state index is 0.936. The van der Waals surface area contributed by atoms with Gasteiger partial charge in [-0.15, -0.1) is 11.3 Å². The van der Waals surface area contributed by atoms with Crippen molar-refractivity contribution < 1.29 is 0 Å². The summed E-state index contributed by atoms with van der Waals surface area (Å²) in [5.41, 5.74) is 1.48. The zero-order valence-electron chi connectivity index (χ0n) is 12.0. The normalized spacial score (nSPS) is 18.4. The van der Waals surface area contributed by atoms with Gasteiger partial charge in [0.15, 0.2) is 0 Å². The summed E-state index contributed by atoms with van der Waals surface area (Å²) in [7, 11) is 0. The van der Waals surface area contributed by atoms with E-state index in [1.54, 1.807) is 0 Å². The van der Waals surface area contributed by atoms with Crippen molar-refractivity contribution in [3.8, 4) is 0 Å². The van der Waals surface area contributed by atoms with Crippen LogP contribution in [0.15, 0.2) is 6.07 Å². The van der Waals surface area contributed by atoms with E-state index in [9.17, 15) is 0 Å². The van der Waals surface area contributed by atoms with Gasteiger partial charge in [-0.1, -0.05) is 6.92 Å². The van der Waals surface area contributed by atoms with E-state index in [0.717, 1.165) is 19.0 Å². The predicted octanol–water partition coefficient (Wildman–Crippen LogP) is 3.19. The molecule has 2 nitrogen and oxygen atoms in total. The van der Waals surface area contributed by atoms with E-state index in [4.69, 9.17) is 0 Å². The molecule has 1 aromatic rings. The van der Waals surface area contributed by atoms with Crippen molar-refractivity contribution in [1.82, 2.24) is 10.2 Å². The van der Waals surface area contributed by atoms with E-state index in [-0.39, 0.29) is 0 Å². The highest BCUT2D eigenvalue weighted by Crippen LogP contribution is 2.20. The fourth-order valence-corrected chi connectivity index (χ4v) is 3.55. The van der Waals surface area contributed by atoms with Crippen LogP contribution < -0.4 is 5.32 Å². The molecule has 1 aromatic heterocycles. The molecule has 0 atom stereocenters. The van der Waals surface area contributed by atoms with Crippen LogP contribution in [0.1, 0.15) is 35.1 Å². The van der Waals surface area contributed by atoms with E-state index in [1.807, 2.05) is 11.3 Å². The van der Waals surface area contributed by atoms with Gasteiger partial charge in [-0.05, 0) is 57.3 Å². The number of piperidine rings is 1. The molecule has 2 heterocycles. The standard InChI is InChI=1S/C15H26N2S/c1-12-4-7-17(8-5-12)9-6-16-11-15-10-13(2)18-14(15)3/h10,12,16H,4-9,11H2,1-3H3. The summed E-state index contributed by atoms with van der Waals surface area (Å²) in [6, 6.07) is 2.32. The maximum Gasteiger partial charge on any atom is 0.0217 e. The molecule has 0 radical (unpaired) electrons. The van der Waals surface area contributed by atoms with Gasteiger partial charge < -0.3 is 10.2 Å². The lowest BCUT2D eigenvalue weighted by atomic mass is 9.99. The summed E-state index contributed by atoms with van der Waals surface area (Å²) in [4.78, 5) is 5.49. The molecule has 0 saturated carbocycles. The monoisotopic (exact) mass is 266 g/mol. The van der Waals surface area contributed by atoms with Gasteiger partial charge in [-0.2, -0.15) is 0 Å². The second-order valence-corrected chi connectivity index (χ2v) is 7.10. The number of aryl methyl sites for hydroxylation is 2. The van der Waals surface area contributed by atoms with Gasteiger partial charge in [0.2, 0.25) is 0 Å². The Labute approximate surface area is 115 Å². The van der Waals surface area contributed by atoms with E-state index >= 15 is 0 Å². The number of thiophene rings is 1. The summed E-state index contributed by atoms with van der Waals surface area (Å²) in [5, 5.41) is 3.58. The van der Waals surface area contributed by atoms with Gasteiger partial charge in [0.05, 0.1) is 0 Å². The first-order valence-corrected chi connectivity index (χ1v) is 7.96. The quantitative estimate of drug-likeness (QED) is 0.824. The highest BCUT2D eigenvalue weighted by molar-refractivity contribution is 7.12. The van der Waals surface area contributed by atoms with E-state index in [2.05, 4.69) is 37.1 Å². The van der Waals surface area contributed by atoms with Crippen molar-refractivity contribution in [3.05, 3.63) is 21.4 Å². The molecule has 0 bridgehead atoms. The number of nitrogens with one attached hydrogen (secondary N) is 1. The van der Waals surface area contributed by atoms with Crippen LogP contribution in [-0.2, 0) is 6.54 Å².